The quantitative estimate of drug-likeness (QED) is 0.880. The molecule has 4 heteroatoms. The predicted octanol–water partition coefficient (Wildman–Crippen LogP) is 3.00. The number of carbonyl (C=O) groups is 1. The Hall–Kier alpha value is -1.94. The van der Waals surface area contributed by atoms with Crippen LogP contribution >= 0.6 is 0 Å². The maximum atomic E-state index is 12.1. The van der Waals surface area contributed by atoms with Crippen LogP contribution in [0.1, 0.15) is 21.5 Å². The van der Waals surface area contributed by atoms with Crippen molar-refractivity contribution in [2.75, 3.05) is 5.75 Å². The molecule has 0 aliphatic carbocycles. The zero-order valence-electron chi connectivity index (χ0n) is 11.4. The molecule has 0 bridgehead atoms. The topological polar surface area (TPSA) is 54.4 Å². The van der Waals surface area contributed by atoms with Crippen LogP contribution in [-0.2, 0) is 10.8 Å². The summed E-state index contributed by atoms with van der Waals surface area (Å²) in [6.07, 6.45) is 0. The maximum absolute atomic E-state index is 12.1. The minimum Gasteiger partial charge on any atom is -0.507 e. The van der Waals surface area contributed by atoms with E-state index >= 15 is 0 Å². The molecule has 104 valence electrons. The minimum atomic E-state index is -1.40. The second-order valence-corrected chi connectivity index (χ2v) is 6.20. The Kier molecular flexibility index (Phi) is 4.35. The van der Waals surface area contributed by atoms with Crippen molar-refractivity contribution < 1.29 is 14.1 Å². The van der Waals surface area contributed by atoms with Crippen molar-refractivity contribution in [3.05, 3.63) is 59.2 Å². The lowest BCUT2D eigenvalue weighted by atomic mass is 10.1. The number of ketones is 1. The Morgan fingerprint density at radius 2 is 1.65 bits per heavy atom. The number of benzene rings is 2. The number of rotatable bonds is 4. The van der Waals surface area contributed by atoms with Gasteiger partial charge in [-0.2, -0.15) is 0 Å². The van der Waals surface area contributed by atoms with Gasteiger partial charge in [0, 0.05) is 4.90 Å². The molecule has 1 atom stereocenters. The number of hydrogen-bond acceptors (Lipinski definition) is 3. The van der Waals surface area contributed by atoms with Gasteiger partial charge in [-0.05, 0) is 38.1 Å². The fourth-order valence-electron chi connectivity index (χ4n) is 1.84. The highest BCUT2D eigenvalue weighted by molar-refractivity contribution is 7.85. The first kappa shape index (κ1) is 14.5. The zero-order valence-corrected chi connectivity index (χ0v) is 12.2. The maximum Gasteiger partial charge on any atom is 0.179 e. The van der Waals surface area contributed by atoms with Crippen molar-refractivity contribution in [2.24, 2.45) is 0 Å². The van der Waals surface area contributed by atoms with Crippen molar-refractivity contribution in [3.63, 3.8) is 0 Å². The first-order chi connectivity index (χ1) is 9.47. The van der Waals surface area contributed by atoms with Gasteiger partial charge in [0.2, 0.25) is 0 Å². The number of phenolic OH excluding ortho intramolecular Hbond substituents is 1. The summed E-state index contributed by atoms with van der Waals surface area (Å²) in [6.45, 7) is 3.79. The SMILES string of the molecule is Cc1ccc([S@@](=O)CC(=O)c2cc(C)ccc2O)cc1. The molecular weight excluding hydrogens is 272 g/mol. The highest BCUT2D eigenvalue weighted by Crippen LogP contribution is 2.20. The molecular formula is C16H16O3S. The van der Waals surface area contributed by atoms with Gasteiger partial charge in [-0.1, -0.05) is 29.3 Å². The summed E-state index contributed by atoms with van der Waals surface area (Å²) in [5.74, 6) is -0.508. The summed E-state index contributed by atoms with van der Waals surface area (Å²) in [5.41, 5.74) is 2.19. The Labute approximate surface area is 120 Å². The molecule has 0 aromatic heterocycles. The number of hydrogen-bond donors (Lipinski definition) is 1. The molecule has 0 saturated heterocycles. The number of carbonyl (C=O) groups excluding carboxylic acids is 1. The van der Waals surface area contributed by atoms with Crippen molar-refractivity contribution in [1.82, 2.24) is 0 Å². The van der Waals surface area contributed by atoms with E-state index in [0.29, 0.717) is 4.90 Å². The third-order valence-corrected chi connectivity index (χ3v) is 4.32. The second-order valence-electron chi connectivity index (χ2n) is 4.75. The van der Waals surface area contributed by atoms with E-state index in [1.54, 1.807) is 24.3 Å². The summed E-state index contributed by atoms with van der Waals surface area (Å²) in [4.78, 5) is 12.7. The van der Waals surface area contributed by atoms with Crippen LogP contribution in [0.25, 0.3) is 0 Å². The molecule has 3 nitrogen and oxygen atoms in total. The molecule has 0 aliphatic rings. The van der Waals surface area contributed by atoms with Crippen LogP contribution in [0.4, 0.5) is 0 Å². The van der Waals surface area contributed by atoms with E-state index in [1.807, 2.05) is 26.0 Å². The smallest absolute Gasteiger partial charge is 0.179 e. The molecule has 0 saturated carbocycles. The summed E-state index contributed by atoms with van der Waals surface area (Å²) in [5, 5.41) is 9.71. The minimum absolute atomic E-state index is 0.0680. The van der Waals surface area contributed by atoms with Crippen LogP contribution in [0, 0.1) is 13.8 Å². The molecule has 2 aromatic carbocycles. The molecule has 0 unspecified atom stereocenters. The van der Waals surface area contributed by atoms with Crippen molar-refractivity contribution in [1.29, 1.82) is 0 Å². The van der Waals surface area contributed by atoms with Gasteiger partial charge in [-0.15, -0.1) is 0 Å². The van der Waals surface area contributed by atoms with Crippen LogP contribution in [0.5, 0.6) is 5.75 Å². The molecule has 0 spiro atoms. The number of aryl methyl sites for hydroxylation is 2. The van der Waals surface area contributed by atoms with Gasteiger partial charge < -0.3 is 5.11 Å². The van der Waals surface area contributed by atoms with E-state index < -0.39 is 10.8 Å². The van der Waals surface area contributed by atoms with E-state index in [1.165, 1.54) is 6.07 Å². The van der Waals surface area contributed by atoms with Gasteiger partial charge in [0.05, 0.1) is 22.1 Å². The van der Waals surface area contributed by atoms with Gasteiger partial charge >= 0.3 is 0 Å². The van der Waals surface area contributed by atoms with Gasteiger partial charge in [0.1, 0.15) is 5.75 Å². The normalized spacial score (nSPS) is 12.1. The van der Waals surface area contributed by atoms with Crippen molar-refractivity contribution >= 4 is 16.6 Å². The fourth-order valence-corrected chi connectivity index (χ4v) is 2.84. The van der Waals surface area contributed by atoms with Crippen molar-refractivity contribution in [2.45, 2.75) is 18.7 Å². The Balaban J connectivity index is 2.17. The van der Waals surface area contributed by atoms with Gasteiger partial charge in [-0.25, -0.2) is 0 Å². The van der Waals surface area contributed by atoms with E-state index in [4.69, 9.17) is 0 Å². The summed E-state index contributed by atoms with van der Waals surface area (Å²) >= 11 is 0. The molecule has 0 aliphatic heterocycles. The summed E-state index contributed by atoms with van der Waals surface area (Å²) < 4.78 is 12.1. The molecule has 2 rings (SSSR count). The average molecular weight is 288 g/mol. The molecule has 0 radical (unpaired) electrons. The van der Waals surface area contributed by atoms with E-state index in [-0.39, 0.29) is 22.8 Å². The van der Waals surface area contributed by atoms with Gasteiger partial charge in [-0.3, -0.25) is 9.00 Å². The summed E-state index contributed by atoms with van der Waals surface area (Å²) in [7, 11) is -1.40. The molecule has 0 heterocycles. The van der Waals surface area contributed by atoms with Crippen molar-refractivity contribution in [3.8, 4) is 5.75 Å². The lowest BCUT2D eigenvalue weighted by Gasteiger charge is -2.06. The second kappa shape index (κ2) is 6.01. The zero-order chi connectivity index (χ0) is 14.7. The monoisotopic (exact) mass is 288 g/mol. The highest BCUT2D eigenvalue weighted by Gasteiger charge is 2.15. The molecule has 2 aromatic rings. The number of phenols is 1. The first-order valence-corrected chi connectivity index (χ1v) is 7.57. The average Bonchev–Trinajstić information content (AvgIpc) is 2.42. The summed E-state index contributed by atoms with van der Waals surface area (Å²) in [6, 6.07) is 12.1. The Morgan fingerprint density at radius 1 is 1.05 bits per heavy atom. The van der Waals surface area contributed by atoms with E-state index in [0.717, 1.165) is 11.1 Å². The lowest BCUT2D eigenvalue weighted by Crippen LogP contribution is -2.11. The lowest BCUT2D eigenvalue weighted by molar-refractivity contribution is 0.101. The Morgan fingerprint density at radius 3 is 2.30 bits per heavy atom. The third-order valence-electron chi connectivity index (χ3n) is 3.00. The van der Waals surface area contributed by atoms with E-state index in [9.17, 15) is 14.1 Å². The van der Waals surface area contributed by atoms with Gasteiger partial charge in [0.15, 0.2) is 5.78 Å². The van der Waals surface area contributed by atoms with Crippen LogP contribution in [-0.4, -0.2) is 20.9 Å². The van der Waals surface area contributed by atoms with E-state index in [2.05, 4.69) is 0 Å². The van der Waals surface area contributed by atoms with Crippen LogP contribution in [0.3, 0.4) is 0 Å². The third kappa shape index (κ3) is 3.33. The standard InChI is InChI=1S/C16H16O3S/c1-11-3-6-13(7-4-11)20(19)10-16(18)14-9-12(2)5-8-15(14)17/h3-9,17H,10H2,1-2H3/t20-/m0/s1. The number of aromatic hydroxyl groups is 1. The predicted molar refractivity (Wildman–Crippen MR) is 79.6 cm³/mol. The largest absolute Gasteiger partial charge is 0.507 e. The number of Topliss-reactive ketones (excluding diaryl/α,β-unsaturated/α-hetero) is 1. The molecule has 0 fully saturated rings. The first-order valence-electron chi connectivity index (χ1n) is 6.25. The molecule has 20 heavy (non-hydrogen) atoms. The van der Waals surface area contributed by atoms with Crippen LogP contribution < -0.4 is 0 Å². The van der Waals surface area contributed by atoms with Gasteiger partial charge in [0.25, 0.3) is 0 Å². The van der Waals surface area contributed by atoms with Crippen LogP contribution in [0.15, 0.2) is 47.4 Å². The Bertz CT molecular complexity index is 660. The van der Waals surface area contributed by atoms with Crippen LogP contribution in [0.2, 0.25) is 0 Å². The molecule has 1 N–H and O–H groups in total. The highest BCUT2D eigenvalue weighted by atomic mass is 32.2. The fraction of sp³-hybridized carbons (Fsp3) is 0.188. The molecule has 0 amide bonds.